The van der Waals surface area contributed by atoms with E-state index in [0.717, 1.165) is 0 Å². The molecule has 2 aromatic rings. The van der Waals surface area contributed by atoms with Crippen LogP contribution in [0.1, 0.15) is 5.69 Å². The molecule has 2 N–H and O–H groups in total. The summed E-state index contributed by atoms with van der Waals surface area (Å²) in [6.07, 6.45) is 0. The van der Waals surface area contributed by atoms with Crippen LogP contribution >= 0.6 is 0 Å². The Balaban J connectivity index is 2.16. The Morgan fingerprint density at radius 1 is 0.958 bits per heavy atom. The highest BCUT2D eigenvalue weighted by Gasteiger charge is 2.30. The van der Waals surface area contributed by atoms with Crippen LogP contribution in [0, 0.1) is 6.92 Å². The van der Waals surface area contributed by atoms with Gasteiger partial charge < -0.3 is 0 Å². The van der Waals surface area contributed by atoms with Crippen LogP contribution < -0.4 is 16.2 Å². The summed E-state index contributed by atoms with van der Waals surface area (Å²) in [4.78, 5) is 51.2. The fourth-order valence-electron chi connectivity index (χ4n) is 2.36. The van der Waals surface area contributed by atoms with Crippen LogP contribution in [0.5, 0.6) is 0 Å². The first-order valence-corrected chi connectivity index (χ1v) is 6.99. The van der Waals surface area contributed by atoms with Gasteiger partial charge in [0, 0.05) is 7.05 Å². The van der Waals surface area contributed by atoms with Gasteiger partial charge in [-0.3, -0.25) is 29.7 Å². The number of imide groups is 2. The van der Waals surface area contributed by atoms with Gasteiger partial charge in [-0.15, -0.1) is 0 Å². The molecule has 3 rings (SSSR count). The van der Waals surface area contributed by atoms with E-state index in [1.165, 1.54) is 4.68 Å². The van der Waals surface area contributed by atoms with E-state index in [0.29, 0.717) is 11.4 Å². The standard InChI is InChI=1S/C15H13N5O4/c1-8-10(16-11-12(21)17-15(24)18-13(11)22)14(23)20(19(8)2)9-6-4-3-5-7-9/h3-7H,1-2H3,(H2,17,18,21,22,24). The molecular formula is C15H13N5O4. The normalized spacial score (nSPS) is 14.4. The lowest BCUT2D eigenvalue weighted by Gasteiger charge is -2.12. The molecule has 1 aromatic carbocycles. The van der Waals surface area contributed by atoms with E-state index in [9.17, 15) is 19.2 Å². The first kappa shape index (κ1) is 15.4. The summed E-state index contributed by atoms with van der Waals surface area (Å²) in [7, 11) is 1.66. The second-order valence-electron chi connectivity index (χ2n) is 5.11. The van der Waals surface area contributed by atoms with Crippen molar-refractivity contribution in [1.82, 2.24) is 20.0 Å². The summed E-state index contributed by atoms with van der Waals surface area (Å²) in [5.41, 5.74) is 0.0175. The number of aliphatic imine (C=N–C) groups is 1. The molecule has 4 amide bonds. The third kappa shape index (κ3) is 2.41. The third-order valence-electron chi connectivity index (χ3n) is 3.63. The molecular weight excluding hydrogens is 314 g/mol. The molecule has 9 heteroatoms. The van der Waals surface area contributed by atoms with Gasteiger partial charge in [0.1, 0.15) is 0 Å². The molecule has 0 spiro atoms. The van der Waals surface area contributed by atoms with Crippen LogP contribution in [0.3, 0.4) is 0 Å². The van der Waals surface area contributed by atoms with Gasteiger partial charge in [-0.1, -0.05) is 18.2 Å². The Labute approximate surface area is 135 Å². The van der Waals surface area contributed by atoms with Crippen molar-refractivity contribution in [3.8, 4) is 5.69 Å². The van der Waals surface area contributed by atoms with E-state index in [1.807, 2.05) is 16.7 Å². The van der Waals surface area contributed by atoms with Crippen LogP contribution in [0.4, 0.5) is 10.5 Å². The molecule has 0 bridgehead atoms. The first-order chi connectivity index (χ1) is 11.4. The van der Waals surface area contributed by atoms with Crippen molar-refractivity contribution in [1.29, 1.82) is 0 Å². The Hall–Kier alpha value is -3.49. The zero-order valence-corrected chi connectivity index (χ0v) is 12.9. The van der Waals surface area contributed by atoms with E-state index in [1.54, 1.807) is 42.9 Å². The molecule has 1 saturated heterocycles. The Morgan fingerprint density at radius 3 is 2.12 bits per heavy atom. The van der Waals surface area contributed by atoms with Crippen LogP contribution in [-0.2, 0) is 16.6 Å². The van der Waals surface area contributed by atoms with Gasteiger partial charge in [0.25, 0.3) is 17.4 Å². The Kier molecular flexibility index (Phi) is 3.60. The van der Waals surface area contributed by atoms with Crippen molar-refractivity contribution in [2.75, 3.05) is 0 Å². The topological polar surface area (TPSA) is 115 Å². The van der Waals surface area contributed by atoms with Crippen molar-refractivity contribution in [2.24, 2.45) is 12.0 Å². The number of urea groups is 1. The number of para-hydroxylation sites is 1. The summed E-state index contributed by atoms with van der Waals surface area (Å²) in [6, 6.07) is 7.95. The summed E-state index contributed by atoms with van der Waals surface area (Å²) in [6.45, 7) is 1.64. The molecule has 0 atom stereocenters. The highest BCUT2D eigenvalue weighted by Crippen LogP contribution is 2.17. The fourth-order valence-corrected chi connectivity index (χ4v) is 2.36. The minimum atomic E-state index is -0.947. The third-order valence-corrected chi connectivity index (χ3v) is 3.63. The molecule has 1 aliphatic heterocycles. The number of aromatic nitrogens is 2. The monoisotopic (exact) mass is 327 g/mol. The van der Waals surface area contributed by atoms with Gasteiger partial charge in [-0.2, -0.15) is 0 Å². The van der Waals surface area contributed by atoms with E-state index >= 15 is 0 Å². The van der Waals surface area contributed by atoms with Gasteiger partial charge in [0.2, 0.25) is 0 Å². The molecule has 122 valence electrons. The van der Waals surface area contributed by atoms with Gasteiger partial charge in [-0.25, -0.2) is 14.5 Å². The average molecular weight is 327 g/mol. The molecule has 2 heterocycles. The van der Waals surface area contributed by atoms with Gasteiger partial charge >= 0.3 is 6.03 Å². The second-order valence-corrected chi connectivity index (χ2v) is 5.11. The maximum absolute atomic E-state index is 12.7. The van der Waals surface area contributed by atoms with E-state index in [4.69, 9.17) is 0 Å². The lowest BCUT2D eigenvalue weighted by Crippen LogP contribution is -2.56. The number of carbonyl (C=O) groups is 3. The zero-order valence-electron chi connectivity index (χ0n) is 12.9. The van der Waals surface area contributed by atoms with E-state index in [2.05, 4.69) is 4.99 Å². The number of rotatable bonds is 2. The highest BCUT2D eigenvalue weighted by atomic mass is 16.2. The summed E-state index contributed by atoms with van der Waals surface area (Å²) in [5, 5.41) is 3.83. The predicted octanol–water partition coefficient (Wildman–Crippen LogP) is -0.0771. The SMILES string of the molecule is Cc1c(N=C2C(=O)NC(=O)NC2=O)c(=O)n(-c2ccccc2)n1C. The molecule has 0 aliphatic carbocycles. The van der Waals surface area contributed by atoms with Crippen LogP contribution in [0.2, 0.25) is 0 Å². The second kappa shape index (κ2) is 5.61. The number of benzene rings is 1. The number of hydrogen-bond donors (Lipinski definition) is 2. The summed E-state index contributed by atoms with van der Waals surface area (Å²) in [5.74, 6) is -1.89. The molecule has 1 aliphatic rings. The lowest BCUT2D eigenvalue weighted by atomic mass is 10.2. The minimum Gasteiger partial charge on any atom is -0.283 e. The van der Waals surface area contributed by atoms with Gasteiger partial charge in [0.15, 0.2) is 11.4 Å². The Morgan fingerprint density at radius 2 is 1.54 bits per heavy atom. The molecule has 1 fully saturated rings. The molecule has 0 radical (unpaired) electrons. The molecule has 0 saturated carbocycles. The zero-order chi connectivity index (χ0) is 17.4. The quantitative estimate of drug-likeness (QED) is 0.803. The largest absolute Gasteiger partial charge is 0.328 e. The average Bonchev–Trinajstić information content (AvgIpc) is 2.74. The molecule has 9 nitrogen and oxygen atoms in total. The Bertz CT molecular complexity index is 930. The number of carbonyl (C=O) groups excluding carboxylic acids is 3. The molecule has 24 heavy (non-hydrogen) atoms. The summed E-state index contributed by atoms with van der Waals surface area (Å²) >= 11 is 0. The molecule has 0 unspecified atom stereocenters. The number of barbiturate groups is 1. The van der Waals surface area contributed by atoms with Crippen molar-refractivity contribution >= 4 is 29.2 Å². The van der Waals surface area contributed by atoms with Crippen LogP contribution in [0.25, 0.3) is 5.69 Å². The smallest absolute Gasteiger partial charge is 0.283 e. The maximum Gasteiger partial charge on any atom is 0.328 e. The van der Waals surface area contributed by atoms with Crippen molar-refractivity contribution in [3.63, 3.8) is 0 Å². The van der Waals surface area contributed by atoms with E-state index in [-0.39, 0.29) is 5.69 Å². The van der Waals surface area contributed by atoms with Gasteiger partial charge in [-0.05, 0) is 19.1 Å². The van der Waals surface area contributed by atoms with Crippen molar-refractivity contribution in [3.05, 3.63) is 46.4 Å². The van der Waals surface area contributed by atoms with Crippen molar-refractivity contribution < 1.29 is 14.4 Å². The number of amides is 4. The summed E-state index contributed by atoms with van der Waals surface area (Å²) < 4.78 is 2.94. The highest BCUT2D eigenvalue weighted by molar-refractivity contribution is 6.69. The van der Waals surface area contributed by atoms with E-state index < -0.39 is 29.1 Å². The number of nitrogens with one attached hydrogen (secondary N) is 2. The number of hydrogen-bond acceptors (Lipinski definition) is 5. The van der Waals surface area contributed by atoms with Gasteiger partial charge in [0.05, 0.1) is 11.4 Å². The minimum absolute atomic E-state index is 0.0454. The van der Waals surface area contributed by atoms with Crippen molar-refractivity contribution in [2.45, 2.75) is 6.92 Å². The van der Waals surface area contributed by atoms with Crippen LogP contribution in [0.15, 0.2) is 40.1 Å². The number of nitrogens with zero attached hydrogens (tertiary/aromatic N) is 3. The van der Waals surface area contributed by atoms with Crippen LogP contribution in [-0.4, -0.2) is 32.9 Å². The maximum atomic E-state index is 12.7. The first-order valence-electron chi connectivity index (χ1n) is 6.99. The predicted molar refractivity (Wildman–Crippen MR) is 84.5 cm³/mol. The lowest BCUT2D eigenvalue weighted by molar-refractivity contribution is -0.119. The molecule has 1 aromatic heterocycles. The fraction of sp³-hybridized carbons (Fsp3) is 0.133.